The molecule has 1 aromatic heterocycles. The molecule has 1 amide bonds. The van der Waals surface area contributed by atoms with Gasteiger partial charge in [-0.25, -0.2) is 0 Å². The summed E-state index contributed by atoms with van der Waals surface area (Å²) in [6.07, 6.45) is 4.90. The van der Waals surface area contributed by atoms with Gasteiger partial charge in [-0.05, 0) is 81.0 Å². The second-order valence-electron chi connectivity index (χ2n) is 9.25. The number of thiocarbonyl (C=S) groups is 1. The van der Waals surface area contributed by atoms with Crippen molar-refractivity contribution in [1.82, 2.24) is 9.47 Å². The number of nitrogens with zero attached hydrogens (tertiary/aromatic N) is 3. The first kappa shape index (κ1) is 25.5. The van der Waals surface area contributed by atoms with Gasteiger partial charge in [0, 0.05) is 36.3 Å². The maximum atomic E-state index is 13.5. The fraction of sp³-hybridized carbons (Fsp3) is 0.226. The predicted molar refractivity (Wildman–Crippen MR) is 157 cm³/mol. The van der Waals surface area contributed by atoms with E-state index < -0.39 is 0 Å². The van der Waals surface area contributed by atoms with Crippen LogP contribution in [0.25, 0.3) is 17.0 Å². The van der Waals surface area contributed by atoms with Crippen molar-refractivity contribution in [2.75, 3.05) is 25.2 Å². The highest BCUT2D eigenvalue weighted by Crippen LogP contribution is 2.31. The average Bonchev–Trinajstić information content (AvgIpc) is 3.38. The lowest BCUT2D eigenvalue weighted by Crippen LogP contribution is -2.31. The first-order chi connectivity index (χ1) is 18.5. The minimum atomic E-state index is -0.148. The standard InChI is InChI=1S/C31H31N3O3S/c1-4-36-25-16-12-24(13-17-25)34-30(35)29(32(3)31(34)38)20-23-21-33(28-9-6-5-8-27(23)28)18-7-19-37-26-14-10-22(2)11-15-26/h5-6,8-17,20-21H,4,7,18-19H2,1-3H3/b29-20-. The first-order valence-corrected chi connectivity index (χ1v) is 13.2. The number of carbonyl (C=O) groups is 1. The molecule has 0 atom stereocenters. The molecule has 0 unspecified atom stereocenters. The van der Waals surface area contributed by atoms with Gasteiger partial charge in [0.05, 0.1) is 18.9 Å². The molecule has 1 fully saturated rings. The van der Waals surface area contributed by atoms with Crippen LogP contribution in [0.1, 0.15) is 24.5 Å². The summed E-state index contributed by atoms with van der Waals surface area (Å²) in [7, 11) is 1.84. The van der Waals surface area contributed by atoms with Crippen molar-refractivity contribution >= 4 is 45.9 Å². The SMILES string of the molecule is CCOc1ccc(N2C(=O)/C(=C/c3cn(CCCOc4ccc(C)cc4)c4ccccc34)N(C)C2=S)cc1. The molecule has 0 radical (unpaired) electrons. The Morgan fingerprint density at radius 2 is 1.61 bits per heavy atom. The monoisotopic (exact) mass is 525 g/mol. The number of benzene rings is 3. The predicted octanol–water partition coefficient (Wildman–Crippen LogP) is 6.42. The largest absolute Gasteiger partial charge is 0.494 e. The van der Waals surface area contributed by atoms with Crippen molar-refractivity contribution in [2.45, 2.75) is 26.8 Å². The molecule has 3 aromatic carbocycles. The van der Waals surface area contributed by atoms with Crippen LogP contribution in [-0.4, -0.2) is 40.7 Å². The topological polar surface area (TPSA) is 46.9 Å². The van der Waals surface area contributed by atoms with Crippen LogP contribution < -0.4 is 14.4 Å². The lowest BCUT2D eigenvalue weighted by atomic mass is 10.1. The molecule has 1 saturated heterocycles. The number of aromatic nitrogens is 1. The second kappa shape index (κ2) is 11.1. The summed E-state index contributed by atoms with van der Waals surface area (Å²) < 4.78 is 13.7. The third-order valence-corrected chi connectivity index (χ3v) is 7.07. The van der Waals surface area contributed by atoms with E-state index in [2.05, 4.69) is 42.0 Å². The number of hydrogen-bond acceptors (Lipinski definition) is 4. The van der Waals surface area contributed by atoms with E-state index in [1.165, 1.54) is 5.56 Å². The normalized spacial score (nSPS) is 14.7. The third kappa shape index (κ3) is 5.15. The molecule has 0 aliphatic carbocycles. The van der Waals surface area contributed by atoms with E-state index in [9.17, 15) is 4.79 Å². The summed E-state index contributed by atoms with van der Waals surface area (Å²) in [5.74, 6) is 1.49. The van der Waals surface area contributed by atoms with Gasteiger partial charge < -0.3 is 18.9 Å². The molecule has 5 rings (SSSR count). The molecule has 7 heteroatoms. The van der Waals surface area contributed by atoms with E-state index in [1.807, 2.05) is 68.6 Å². The van der Waals surface area contributed by atoms with E-state index in [0.717, 1.165) is 46.6 Å². The quantitative estimate of drug-likeness (QED) is 0.143. The number of para-hydroxylation sites is 1. The Bertz CT molecular complexity index is 1490. The molecular weight excluding hydrogens is 494 g/mol. The molecule has 1 aliphatic rings. The van der Waals surface area contributed by atoms with Gasteiger partial charge in [-0.3, -0.25) is 9.69 Å². The zero-order chi connectivity index (χ0) is 26.6. The molecule has 0 bridgehead atoms. The summed E-state index contributed by atoms with van der Waals surface area (Å²) in [5.41, 5.74) is 4.57. The van der Waals surface area contributed by atoms with Crippen molar-refractivity contribution in [1.29, 1.82) is 0 Å². The van der Waals surface area contributed by atoms with Gasteiger partial charge in [-0.2, -0.15) is 0 Å². The van der Waals surface area contributed by atoms with Crippen LogP contribution in [-0.2, 0) is 11.3 Å². The Morgan fingerprint density at radius 3 is 2.34 bits per heavy atom. The van der Waals surface area contributed by atoms with Gasteiger partial charge in [-0.15, -0.1) is 0 Å². The van der Waals surface area contributed by atoms with Gasteiger partial charge in [0.25, 0.3) is 5.91 Å². The molecule has 0 saturated carbocycles. The number of hydrogen-bond donors (Lipinski definition) is 0. The zero-order valence-corrected chi connectivity index (χ0v) is 22.7. The van der Waals surface area contributed by atoms with Gasteiger partial charge in [0.15, 0.2) is 5.11 Å². The van der Waals surface area contributed by atoms with Crippen LogP contribution in [0.15, 0.2) is 84.7 Å². The molecule has 0 spiro atoms. The Morgan fingerprint density at radius 1 is 0.921 bits per heavy atom. The van der Waals surface area contributed by atoms with Crippen molar-refractivity contribution in [3.05, 3.63) is 95.8 Å². The van der Waals surface area contributed by atoms with Gasteiger partial charge in [-0.1, -0.05) is 35.9 Å². The van der Waals surface area contributed by atoms with Crippen LogP contribution >= 0.6 is 12.2 Å². The summed E-state index contributed by atoms with van der Waals surface area (Å²) in [6.45, 7) is 6.02. The Kier molecular flexibility index (Phi) is 7.47. The lowest BCUT2D eigenvalue weighted by molar-refractivity contribution is -0.114. The molecule has 6 nitrogen and oxygen atoms in total. The maximum absolute atomic E-state index is 13.5. The summed E-state index contributed by atoms with van der Waals surface area (Å²) >= 11 is 5.66. The molecule has 2 heterocycles. The van der Waals surface area contributed by atoms with Crippen LogP contribution in [0.3, 0.4) is 0 Å². The summed E-state index contributed by atoms with van der Waals surface area (Å²) in [6, 6.07) is 23.8. The summed E-state index contributed by atoms with van der Waals surface area (Å²) in [4.78, 5) is 16.9. The Hall–Kier alpha value is -4.10. The van der Waals surface area contributed by atoms with Crippen molar-refractivity contribution < 1.29 is 14.3 Å². The molecular formula is C31H31N3O3S. The number of likely N-dealkylation sites (N-methyl/N-ethyl adjacent to an activating group) is 1. The number of ether oxygens (including phenoxy) is 2. The number of rotatable bonds is 9. The highest BCUT2D eigenvalue weighted by molar-refractivity contribution is 7.80. The van der Waals surface area contributed by atoms with E-state index in [-0.39, 0.29) is 5.91 Å². The lowest BCUT2D eigenvalue weighted by Gasteiger charge is -2.16. The smallest absolute Gasteiger partial charge is 0.281 e. The van der Waals surface area contributed by atoms with E-state index in [0.29, 0.717) is 24.0 Å². The first-order valence-electron chi connectivity index (χ1n) is 12.8. The number of carbonyl (C=O) groups excluding carboxylic acids is 1. The molecule has 38 heavy (non-hydrogen) atoms. The second-order valence-corrected chi connectivity index (χ2v) is 9.61. The van der Waals surface area contributed by atoms with E-state index >= 15 is 0 Å². The number of fused-ring (bicyclic) bond motifs is 1. The van der Waals surface area contributed by atoms with Crippen molar-refractivity contribution in [3.8, 4) is 11.5 Å². The van der Waals surface area contributed by atoms with Crippen LogP contribution in [0, 0.1) is 6.92 Å². The minimum absolute atomic E-state index is 0.148. The fourth-order valence-electron chi connectivity index (χ4n) is 4.62. The summed E-state index contributed by atoms with van der Waals surface area (Å²) in [5, 5.41) is 1.54. The molecule has 0 N–H and O–H groups in total. The third-order valence-electron chi connectivity index (χ3n) is 6.61. The Labute approximate surface area is 228 Å². The van der Waals surface area contributed by atoms with E-state index in [4.69, 9.17) is 21.7 Å². The van der Waals surface area contributed by atoms with Gasteiger partial charge in [0.2, 0.25) is 0 Å². The van der Waals surface area contributed by atoms with Crippen molar-refractivity contribution in [3.63, 3.8) is 0 Å². The maximum Gasteiger partial charge on any atom is 0.281 e. The minimum Gasteiger partial charge on any atom is -0.494 e. The Balaban J connectivity index is 1.36. The molecule has 1 aliphatic heterocycles. The van der Waals surface area contributed by atoms with Crippen LogP contribution in [0.4, 0.5) is 5.69 Å². The van der Waals surface area contributed by atoms with Crippen molar-refractivity contribution in [2.24, 2.45) is 0 Å². The zero-order valence-electron chi connectivity index (χ0n) is 21.9. The fourth-order valence-corrected chi connectivity index (χ4v) is 4.91. The van der Waals surface area contributed by atoms with E-state index in [1.54, 1.807) is 9.80 Å². The van der Waals surface area contributed by atoms with Gasteiger partial charge in [0.1, 0.15) is 17.2 Å². The number of anilines is 1. The van der Waals surface area contributed by atoms with Crippen LogP contribution in [0.2, 0.25) is 0 Å². The highest BCUT2D eigenvalue weighted by Gasteiger charge is 2.37. The van der Waals surface area contributed by atoms with Crippen LogP contribution in [0.5, 0.6) is 11.5 Å². The molecule has 4 aromatic rings. The number of aryl methyl sites for hydroxylation is 2. The highest BCUT2D eigenvalue weighted by atomic mass is 32.1. The van der Waals surface area contributed by atoms with Gasteiger partial charge >= 0.3 is 0 Å². The molecule has 194 valence electrons. The average molecular weight is 526 g/mol. The number of amides is 1.